The topological polar surface area (TPSA) is 40.6 Å². The van der Waals surface area contributed by atoms with Gasteiger partial charge >= 0.3 is 0 Å². The molecule has 4 nitrogen and oxygen atoms in total. The van der Waals surface area contributed by atoms with Crippen LogP contribution < -0.4 is 0 Å². The van der Waals surface area contributed by atoms with E-state index in [9.17, 15) is 8.42 Å². The number of rotatable bonds is 4. The zero-order valence-electron chi connectivity index (χ0n) is 14.3. The third-order valence-electron chi connectivity index (χ3n) is 5.90. The Hall–Kier alpha value is -1.17. The highest BCUT2D eigenvalue weighted by atomic mass is 32.2. The molecule has 4 rings (SSSR count). The van der Waals surface area contributed by atoms with Crippen LogP contribution in [0.15, 0.2) is 41.3 Å². The second kappa shape index (κ2) is 6.28. The number of fused-ring (bicyclic) bond motifs is 2. The molecule has 2 fully saturated rings. The van der Waals surface area contributed by atoms with Crippen LogP contribution in [-0.4, -0.2) is 50.3 Å². The van der Waals surface area contributed by atoms with Crippen molar-refractivity contribution in [3.63, 3.8) is 0 Å². The number of allylic oxidation sites excluding steroid dienone is 2. The molecule has 1 aliphatic heterocycles. The van der Waals surface area contributed by atoms with E-state index in [1.54, 1.807) is 16.4 Å². The van der Waals surface area contributed by atoms with Crippen LogP contribution in [0.4, 0.5) is 0 Å². The molecule has 0 N–H and O–H groups in total. The van der Waals surface area contributed by atoms with Gasteiger partial charge in [-0.15, -0.1) is 0 Å². The van der Waals surface area contributed by atoms with E-state index in [0.29, 0.717) is 18.0 Å². The number of nitrogens with zero attached hydrogens (tertiary/aromatic N) is 2. The highest BCUT2D eigenvalue weighted by molar-refractivity contribution is 7.89. The number of aryl methyl sites for hydroxylation is 1. The fourth-order valence-electron chi connectivity index (χ4n) is 4.45. The van der Waals surface area contributed by atoms with Crippen molar-refractivity contribution in [2.45, 2.75) is 24.7 Å². The molecular weight excluding hydrogens is 320 g/mol. The quantitative estimate of drug-likeness (QED) is 0.787. The fraction of sp³-hybridized carbons (Fsp3) is 0.579. The Morgan fingerprint density at radius 3 is 2.29 bits per heavy atom. The van der Waals surface area contributed by atoms with Gasteiger partial charge in [0, 0.05) is 32.7 Å². The summed E-state index contributed by atoms with van der Waals surface area (Å²) in [6.45, 7) is 6.01. The van der Waals surface area contributed by atoms with E-state index in [0.717, 1.165) is 43.0 Å². The van der Waals surface area contributed by atoms with Crippen molar-refractivity contribution in [1.29, 1.82) is 0 Å². The zero-order valence-corrected chi connectivity index (χ0v) is 15.1. The van der Waals surface area contributed by atoms with E-state index in [1.807, 2.05) is 19.1 Å². The summed E-state index contributed by atoms with van der Waals surface area (Å²) in [6.07, 6.45) is 7.44. The Morgan fingerprint density at radius 1 is 1.00 bits per heavy atom. The SMILES string of the molecule is Cc1ccc(S(=O)(=O)N2CCN(C[C@@H]3C[C@H]4C=C[C@@H]3C4)CC2)cc1. The van der Waals surface area contributed by atoms with Crippen LogP contribution in [-0.2, 0) is 10.0 Å². The van der Waals surface area contributed by atoms with Crippen molar-refractivity contribution in [1.82, 2.24) is 9.21 Å². The predicted octanol–water partition coefficient (Wildman–Crippen LogP) is 2.51. The molecule has 0 radical (unpaired) electrons. The van der Waals surface area contributed by atoms with E-state index in [-0.39, 0.29) is 0 Å². The molecule has 1 saturated heterocycles. The zero-order chi connectivity index (χ0) is 16.7. The van der Waals surface area contributed by atoms with Crippen molar-refractivity contribution >= 4 is 10.0 Å². The third-order valence-corrected chi connectivity index (χ3v) is 7.81. The van der Waals surface area contributed by atoms with Gasteiger partial charge in [-0.1, -0.05) is 29.8 Å². The molecule has 5 heteroatoms. The fourth-order valence-corrected chi connectivity index (χ4v) is 5.87. The first kappa shape index (κ1) is 16.3. The first-order chi connectivity index (χ1) is 11.5. The van der Waals surface area contributed by atoms with E-state index in [1.165, 1.54) is 12.8 Å². The molecule has 24 heavy (non-hydrogen) atoms. The number of benzene rings is 1. The summed E-state index contributed by atoms with van der Waals surface area (Å²) >= 11 is 0. The molecule has 2 bridgehead atoms. The van der Waals surface area contributed by atoms with Gasteiger partial charge in [0.15, 0.2) is 0 Å². The van der Waals surface area contributed by atoms with Crippen molar-refractivity contribution in [2.75, 3.05) is 32.7 Å². The van der Waals surface area contributed by atoms with Crippen LogP contribution >= 0.6 is 0 Å². The minimum atomic E-state index is -3.34. The molecule has 1 aromatic carbocycles. The molecule has 3 atom stereocenters. The summed E-state index contributed by atoms with van der Waals surface area (Å²) in [5, 5.41) is 0. The summed E-state index contributed by atoms with van der Waals surface area (Å²) < 4.78 is 27.2. The molecule has 1 heterocycles. The van der Waals surface area contributed by atoms with Gasteiger partial charge in [0.2, 0.25) is 10.0 Å². The van der Waals surface area contributed by atoms with E-state index >= 15 is 0 Å². The lowest BCUT2D eigenvalue weighted by molar-refractivity contribution is 0.156. The first-order valence-corrected chi connectivity index (χ1v) is 10.4. The number of piperazine rings is 1. The van der Waals surface area contributed by atoms with E-state index in [2.05, 4.69) is 17.1 Å². The molecule has 2 aliphatic carbocycles. The molecule has 0 amide bonds. The number of hydrogen-bond acceptors (Lipinski definition) is 3. The van der Waals surface area contributed by atoms with Crippen molar-refractivity contribution in [3.8, 4) is 0 Å². The molecular formula is C19H26N2O2S. The molecule has 0 spiro atoms. The van der Waals surface area contributed by atoms with Gasteiger partial charge in [-0.25, -0.2) is 8.42 Å². The van der Waals surface area contributed by atoms with Gasteiger partial charge in [-0.05, 0) is 49.7 Å². The van der Waals surface area contributed by atoms with Crippen LogP contribution in [0.3, 0.4) is 0 Å². The van der Waals surface area contributed by atoms with Crippen LogP contribution in [0.2, 0.25) is 0 Å². The standard InChI is InChI=1S/C19H26N2O2S/c1-15-2-6-19(7-3-15)24(22,23)21-10-8-20(9-11-21)14-18-13-16-4-5-17(18)12-16/h2-7,16-18H,8-14H2,1H3/t16-,17+,18-/m0/s1. The average molecular weight is 346 g/mol. The summed E-state index contributed by atoms with van der Waals surface area (Å²) in [7, 11) is -3.34. The van der Waals surface area contributed by atoms with Gasteiger partial charge in [0.1, 0.15) is 0 Å². The normalized spacial score (nSPS) is 31.0. The Balaban J connectivity index is 1.35. The maximum atomic E-state index is 12.8. The second-order valence-electron chi connectivity index (χ2n) is 7.56. The first-order valence-electron chi connectivity index (χ1n) is 9.00. The molecule has 3 aliphatic rings. The minimum absolute atomic E-state index is 0.416. The Morgan fingerprint density at radius 2 is 1.71 bits per heavy atom. The smallest absolute Gasteiger partial charge is 0.243 e. The largest absolute Gasteiger partial charge is 0.300 e. The second-order valence-corrected chi connectivity index (χ2v) is 9.50. The highest BCUT2D eigenvalue weighted by Gasteiger charge is 2.37. The van der Waals surface area contributed by atoms with E-state index < -0.39 is 10.0 Å². The average Bonchev–Trinajstić information content (AvgIpc) is 3.19. The van der Waals surface area contributed by atoms with Gasteiger partial charge in [0.25, 0.3) is 0 Å². The lowest BCUT2D eigenvalue weighted by Crippen LogP contribution is -2.49. The van der Waals surface area contributed by atoms with Crippen molar-refractivity contribution in [2.24, 2.45) is 17.8 Å². The van der Waals surface area contributed by atoms with Gasteiger partial charge < -0.3 is 4.90 Å². The summed E-state index contributed by atoms with van der Waals surface area (Å²) in [6, 6.07) is 7.18. The van der Waals surface area contributed by atoms with E-state index in [4.69, 9.17) is 0 Å². The maximum absolute atomic E-state index is 12.8. The third kappa shape index (κ3) is 3.05. The van der Waals surface area contributed by atoms with Crippen LogP contribution in [0, 0.1) is 24.7 Å². The minimum Gasteiger partial charge on any atom is -0.300 e. The lowest BCUT2D eigenvalue weighted by Gasteiger charge is -2.36. The van der Waals surface area contributed by atoms with Gasteiger partial charge in [-0.3, -0.25) is 0 Å². The molecule has 0 unspecified atom stereocenters. The lowest BCUT2D eigenvalue weighted by atomic mass is 9.93. The van der Waals surface area contributed by atoms with Crippen molar-refractivity contribution < 1.29 is 8.42 Å². The highest BCUT2D eigenvalue weighted by Crippen LogP contribution is 2.43. The predicted molar refractivity (Wildman–Crippen MR) is 95.2 cm³/mol. The summed E-state index contributed by atoms with van der Waals surface area (Å²) in [5.74, 6) is 2.35. The van der Waals surface area contributed by atoms with Gasteiger partial charge in [0.05, 0.1) is 4.90 Å². The summed E-state index contributed by atoms with van der Waals surface area (Å²) in [5.41, 5.74) is 1.08. The van der Waals surface area contributed by atoms with Crippen molar-refractivity contribution in [3.05, 3.63) is 42.0 Å². The number of sulfonamides is 1. The van der Waals surface area contributed by atoms with Gasteiger partial charge in [-0.2, -0.15) is 4.31 Å². The van der Waals surface area contributed by atoms with Crippen LogP contribution in [0.5, 0.6) is 0 Å². The Labute approximate surface area is 145 Å². The monoisotopic (exact) mass is 346 g/mol. The molecule has 130 valence electrons. The van der Waals surface area contributed by atoms with Crippen LogP contribution in [0.1, 0.15) is 18.4 Å². The Bertz CT molecular complexity index is 718. The number of hydrogen-bond donors (Lipinski definition) is 0. The molecule has 0 aromatic heterocycles. The summed E-state index contributed by atoms with van der Waals surface area (Å²) in [4.78, 5) is 2.88. The molecule has 1 saturated carbocycles. The maximum Gasteiger partial charge on any atom is 0.243 e. The van der Waals surface area contributed by atoms with Crippen LogP contribution in [0.25, 0.3) is 0 Å². The Kier molecular flexibility index (Phi) is 4.27. The molecule has 1 aromatic rings.